The molecule has 1 aromatic heterocycles. The second-order valence-corrected chi connectivity index (χ2v) is 8.14. The normalized spacial score (nSPS) is 15.0. The highest BCUT2D eigenvalue weighted by molar-refractivity contribution is 5.97. The molecule has 0 aliphatic carbocycles. The van der Waals surface area contributed by atoms with Gasteiger partial charge in [-0.05, 0) is 49.1 Å². The highest BCUT2D eigenvalue weighted by Crippen LogP contribution is 2.25. The molecule has 1 aliphatic heterocycles. The molecule has 1 atom stereocenters. The van der Waals surface area contributed by atoms with E-state index in [9.17, 15) is 10.4 Å². The van der Waals surface area contributed by atoms with Gasteiger partial charge in [-0.25, -0.2) is 9.98 Å². The summed E-state index contributed by atoms with van der Waals surface area (Å²) < 4.78 is 5.55. The Kier molecular flexibility index (Phi) is 8.14. The minimum absolute atomic E-state index is 0.0852. The van der Waals surface area contributed by atoms with Crippen LogP contribution in [0, 0.1) is 11.3 Å². The summed E-state index contributed by atoms with van der Waals surface area (Å²) in [5.41, 5.74) is 4.30. The van der Waals surface area contributed by atoms with Gasteiger partial charge >= 0.3 is 0 Å². The van der Waals surface area contributed by atoms with Gasteiger partial charge in [-0.3, -0.25) is 4.90 Å². The number of hydrogen-bond acceptors (Lipinski definition) is 9. The van der Waals surface area contributed by atoms with E-state index in [1.807, 2.05) is 32.0 Å². The average molecular weight is 452 g/mol. The van der Waals surface area contributed by atoms with Gasteiger partial charge in [-0.1, -0.05) is 18.7 Å². The van der Waals surface area contributed by atoms with E-state index in [1.165, 1.54) is 11.8 Å². The molecule has 0 saturated heterocycles. The van der Waals surface area contributed by atoms with Crippen molar-refractivity contribution < 1.29 is 19.8 Å². The third-order valence-electron chi connectivity index (χ3n) is 5.22. The number of nitriles is 1. The molecule has 174 valence electrons. The zero-order chi connectivity index (χ0) is 24.0. The van der Waals surface area contributed by atoms with Gasteiger partial charge in [0.25, 0.3) is 0 Å². The van der Waals surface area contributed by atoms with Crippen molar-refractivity contribution in [1.29, 1.82) is 5.26 Å². The van der Waals surface area contributed by atoms with Crippen molar-refractivity contribution in [2.24, 2.45) is 10.9 Å². The highest BCUT2D eigenvalue weighted by atomic mass is 16.6. The predicted octanol–water partition coefficient (Wildman–Crippen LogP) is 1.76. The monoisotopic (exact) mass is 451 g/mol. The molecule has 33 heavy (non-hydrogen) atoms. The second kappa shape index (κ2) is 11.0. The topological polar surface area (TPSA) is 137 Å². The lowest BCUT2D eigenvalue weighted by atomic mass is 9.96. The quantitative estimate of drug-likeness (QED) is 0.314. The summed E-state index contributed by atoms with van der Waals surface area (Å²) in [4.78, 5) is 15.7. The first-order valence-electron chi connectivity index (χ1n) is 10.7. The molecule has 4 N–H and O–H groups in total. The highest BCUT2D eigenvalue weighted by Gasteiger charge is 2.19. The second-order valence-electron chi connectivity index (χ2n) is 8.14. The maximum Gasteiger partial charge on any atom is 0.246 e. The number of aromatic nitrogens is 1. The first kappa shape index (κ1) is 24.4. The fourth-order valence-electron chi connectivity index (χ4n) is 3.62. The van der Waals surface area contributed by atoms with Crippen molar-refractivity contribution in [3.8, 4) is 11.9 Å². The van der Waals surface area contributed by atoms with Gasteiger partial charge in [0.05, 0.1) is 30.1 Å². The standard InChI is InChI=1S/C24H29N5O4/c1-15(2)32-23-20(10-25)9-21(11-27-23)24(33-26)28-16(3)17-4-5-19-12-29(13-22(31)14-30)7-6-18(19)8-17/h4-5,8-9,11,15,22,30-31H,3,6-7,12-14,26H2,1-2H3/b28-24-/t22-/m1/s1. The molecule has 9 heteroatoms. The molecule has 0 fully saturated rings. The summed E-state index contributed by atoms with van der Waals surface area (Å²) in [6, 6.07) is 9.59. The Hall–Kier alpha value is -3.29. The Balaban J connectivity index is 1.79. The molecule has 0 radical (unpaired) electrons. The molecule has 0 unspecified atom stereocenters. The molecule has 0 amide bonds. The van der Waals surface area contributed by atoms with Crippen LogP contribution in [0.25, 0.3) is 5.70 Å². The van der Waals surface area contributed by atoms with Gasteiger partial charge in [0.15, 0.2) is 0 Å². The first-order chi connectivity index (χ1) is 15.8. The van der Waals surface area contributed by atoms with Crippen LogP contribution in [0.15, 0.2) is 42.0 Å². The van der Waals surface area contributed by atoms with Crippen LogP contribution in [0.1, 0.15) is 41.7 Å². The minimum atomic E-state index is -0.739. The molecule has 3 rings (SSSR count). The van der Waals surface area contributed by atoms with Crippen molar-refractivity contribution in [2.75, 3.05) is 19.7 Å². The summed E-state index contributed by atoms with van der Waals surface area (Å²) in [5, 5.41) is 28.2. The lowest BCUT2D eigenvalue weighted by molar-refractivity contribution is 0.0551. The molecular weight excluding hydrogens is 422 g/mol. The number of ether oxygens (including phenoxy) is 1. The maximum absolute atomic E-state index is 9.69. The zero-order valence-electron chi connectivity index (χ0n) is 18.9. The van der Waals surface area contributed by atoms with Crippen molar-refractivity contribution in [3.63, 3.8) is 0 Å². The lowest BCUT2D eigenvalue weighted by Gasteiger charge is -2.30. The van der Waals surface area contributed by atoms with Gasteiger partial charge in [-0.15, -0.1) is 0 Å². The largest absolute Gasteiger partial charge is 0.474 e. The number of aliphatic imine (C=N–C) groups is 1. The van der Waals surface area contributed by atoms with Gasteiger partial charge in [0.2, 0.25) is 11.8 Å². The summed E-state index contributed by atoms with van der Waals surface area (Å²) in [5.74, 6) is 5.78. The van der Waals surface area contributed by atoms with E-state index in [1.54, 1.807) is 6.07 Å². The van der Waals surface area contributed by atoms with Gasteiger partial charge in [0, 0.05) is 25.8 Å². The number of aliphatic hydroxyl groups is 2. The summed E-state index contributed by atoms with van der Waals surface area (Å²) >= 11 is 0. The Labute approximate surface area is 193 Å². The van der Waals surface area contributed by atoms with E-state index in [4.69, 9.17) is 20.6 Å². The molecule has 0 spiro atoms. The Morgan fingerprint density at radius 2 is 2.12 bits per heavy atom. The number of nitrogens with zero attached hydrogens (tertiary/aromatic N) is 4. The molecule has 2 heterocycles. The van der Waals surface area contributed by atoms with Crippen LogP contribution in [-0.2, 0) is 17.8 Å². The summed E-state index contributed by atoms with van der Waals surface area (Å²) in [6.45, 7) is 9.43. The average Bonchev–Trinajstić information content (AvgIpc) is 2.81. The number of fused-ring (bicyclic) bond motifs is 1. The Morgan fingerprint density at radius 1 is 1.33 bits per heavy atom. The molecule has 1 aliphatic rings. The van der Waals surface area contributed by atoms with Crippen molar-refractivity contribution in [2.45, 2.75) is 39.0 Å². The SMILES string of the molecule is C=C(/N=C(\ON)c1cnc(OC(C)C)c(C#N)c1)c1ccc2c(c1)CCN(C[C@@H](O)CO)C2. The number of nitrogens with two attached hydrogens (primary N) is 1. The van der Waals surface area contributed by atoms with E-state index in [-0.39, 0.29) is 30.1 Å². The van der Waals surface area contributed by atoms with E-state index < -0.39 is 6.10 Å². The number of rotatable bonds is 8. The van der Waals surface area contributed by atoms with Crippen molar-refractivity contribution in [1.82, 2.24) is 9.88 Å². The summed E-state index contributed by atoms with van der Waals surface area (Å²) in [6.07, 6.45) is 1.44. The van der Waals surface area contributed by atoms with E-state index in [0.29, 0.717) is 24.4 Å². The fourth-order valence-corrected chi connectivity index (χ4v) is 3.62. The molecule has 0 saturated carbocycles. The third-order valence-corrected chi connectivity index (χ3v) is 5.22. The van der Waals surface area contributed by atoms with E-state index in [2.05, 4.69) is 27.5 Å². The molecule has 0 bridgehead atoms. The summed E-state index contributed by atoms with van der Waals surface area (Å²) in [7, 11) is 0. The third kappa shape index (κ3) is 6.15. The van der Waals surface area contributed by atoms with Gasteiger partial charge < -0.3 is 19.8 Å². The lowest BCUT2D eigenvalue weighted by Crippen LogP contribution is -2.37. The van der Waals surface area contributed by atoms with Crippen LogP contribution in [0.5, 0.6) is 5.88 Å². The first-order valence-corrected chi connectivity index (χ1v) is 10.7. The van der Waals surface area contributed by atoms with Gasteiger partial charge in [0.1, 0.15) is 11.6 Å². The Bertz CT molecular complexity index is 1080. The van der Waals surface area contributed by atoms with Crippen LogP contribution >= 0.6 is 0 Å². The van der Waals surface area contributed by atoms with Crippen molar-refractivity contribution in [3.05, 3.63) is 64.9 Å². The van der Waals surface area contributed by atoms with E-state index in [0.717, 1.165) is 24.1 Å². The van der Waals surface area contributed by atoms with Crippen LogP contribution in [0.3, 0.4) is 0 Å². The van der Waals surface area contributed by atoms with Crippen LogP contribution < -0.4 is 10.6 Å². The Morgan fingerprint density at radius 3 is 2.79 bits per heavy atom. The minimum Gasteiger partial charge on any atom is -0.474 e. The number of hydrogen-bond donors (Lipinski definition) is 3. The maximum atomic E-state index is 9.69. The van der Waals surface area contributed by atoms with Crippen molar-refractivity contribution >= 4 is 11.6 Å². The van der Waals surface area contributed by atoms with E-state index >= 15 is 0 Å². The molecule has 9 nitrogen and oxygen atoms in total. The zero-order valence-corrected chi connectivity index (χ0v) is 18.9. The molecular formula is C24H29N5O4. The molecule has 2 aromatic rings. The number of benzene rings is 1. The number of pyridine rings is 1. The fraction of sp³-hybridized carbons (Fsp3) is 0.375. The van der Waals surface area contributed by atoms with Crippen LogP contribution in [-0.4, -0.2) is 57.9 Å². The van der Waals surface area contributed by atoms with Crippen LogP contribution in [0.2, 0.25) is 0 Å². The number of β-amino-alcohol motifs (C(OH)–C–C–N with tert-alkyl or cyclic N) is 1. The smallest absolute Gasteiger partial charge is 0.246 e. The molecule has 1 aromatic carbocycles. The van der Waals surface area contributed by atoms with Gasteiger partial charge in [-0.2, -0.15) is 11.2 Å². The number of aliphatic hydroxyl groups excluding tert-OH is 2. The van der Waals surface area contributed by atoms with Crippen LogP contribution in [0.4, 0.5) is 0 Å². The predicted molar refractivity (Wildman–Crippen MR) is 124 cm³/mol.